The number of hydrogen-bond acceptors (Lipinski definition) is 5. The van der Waals surface area contributed by atoms with Crippen LogP contribution in [0.1, 0.15) is 173 Å². The van der Waals surface area contributed by atoms with Crippen molar-refractivity contribution in [3.05, 3.63) is 0 Å². The molecule has 226 valence electrons. The summed E-state index contributed by atoms with van der Waals surface area (Å²) in [5.74, 6) is -0.754. The maximum absolute atomic E-state index is 12.5. The molecule has 0 fully saturated rings. The van der Waals surface area contributed by atoms with Gasteiger partial charge < -0.3 is 20.1 Å². The number of ether oxygens (including phenoxy) is 1. The maximum Gasteiger partial charge on any atom is 0.306 e. The third-order valence-corrected chi connectivity index (χ3v) is 7.44. The molecule has 0 aliphatic heterocycles. The summed E-state index contributed by atoms with van der Waals surface area (Å²) in [7, 11) is 0. The molecule has 0 aromatic rings. The van der Waals surface area contributed by atoms with Crippen molar-refractivity contribution in [1.29, 1.82) is 0 Å². The Morgan fingerprint density at radius 3 is 1.13 bits per heavy atom. The van der Waals surface area contributed by atoms with Gasteiger partial charge in [-0.15, -0.1) is 0 Å². The lowest BCUT2D eigenvalue weighted by Gasteiger charge is -2.18. The van der Waals surface area contributed by atoms with Crippen LogP contribution in [0.4, 0.5) is 0 Å². The summed E-state index contributed by atoms with van der Waals surface area (Å²) in [4.78, 5) is 23.0. The minimum absolute atomic E-state index is 0.0123. The predicted molar refractivity (Wildman–Crippen MR) is 156 cm³/mol. The van der Waals surface area contributed by atoms with E-state index in [-0.39, 0.29) is 25.1 Å². The molecule has 1 unspecified atom stereocenters. The van der Waals surface area contributed by atoms with E-state index in [0.717, 1.165) is 103 Å². The van der Waals surface area contributed by atoms with Crippen LogP contribution in [-0.4, -0.2) is 46.6 Å². The fourth-order valence-electron chi connectivity index (χ4n) is 5.03. The fraction of sp³-hybridized carbons (Fsp3) is 0.938. The Morgan fingerprint density at radius 1 is 0.447 bits per heavy atom. The smallest absolute Gasteiger partial charge is 0.306 e. The molecule has 6 heteroatoms. The number of carbonyl (C=O) groups excluding carboxylic acids is 1. The van der Waals surface area contributed by atoms with Crippen LogP contribution in [0.25, 0.3) is 0 Å². The molecular formula is C32H62O6. The second-order valence-electron chi connectivity index (χ2n) is 11.2. The molecule has 3 N–H and O–H groups in total. The second kappa shape index (κ2) is 30.4. The number of unbranched alkanes of at least 4 members (excludes halogenated alkanes) is 20. The summed E-state index contributed by atoms with van der Waals surface area (Å²) in [5.41, 5.74) is 0. The quantitative estimate of drug-likeness (QED) is 0.0599. The average Bonchev–Trinajstić information content (AvgIpc) is 2.89. The van der Waals surface area contributed by atoms with Crippen LogP contribution in [-0.2, 0) is 14.3 Å². The molecule has 0 heterocycles. The number of carboxylic acid groups (broad SMARTS) is 1. The zero-order valence-electron chi connectivity index (χ0n) is 24.6. The Hall–Kier alpha value is -1.14. The summed E-state index contributed by atoms with van der Waals surface area (Å²) < 4.78 is 5.88. The standard InChI is InChI=1S/C32H62O6/c33-28-22-16-11-7-5-3-1-2-4-6-8-14-21-27-32(37)38-30(25-19-15-17-23-29-34)24-18-12-9-10-13-20-26-31(35)36/h30,33-34H,1-29H2,(H,35,36). The summed E-state index contributed by atoms with van der Waals surface area (Å²) >= 11 is 0. The van der Waals surface area contributed by atoms with Gasteiger partial charge in [-0.1, -0.05) is 109 Å². The summed E-state index contributed by atoms with van der Waals surface area (Å²) in [6, 6.07) is 0. The van der Waals surface area contributed by atoms with Gasteiger partial charge in [-0.3, -0.25) is 9.59 Å². The lowest BCUT2D eigenvalue weighted by Crippen LogP contribution is -2.18. The molecule has 0 saturated heterocycles. The van der Waals surface area contributed by atoms with Gasteiger partial charge in [0.25, 0.3) is 0 Å². The van der Waals surface area contributed by atoms with Gasteiger partial charge in [0.1, 0.15) is 6.10 Å². The highest BCUT2D eigenvalue weighted by atomic mass is 16.5. The monoisotopic (exact) mass is 542 g/mol. The Bertz CT molecular complexity index is 510. The van der Waals surface area contributed by atoms with E-state index in [0.29, 0.717) is 13.0 Å². The number of esters is 1. The van der Waals surface area contributed by atoms with Gasteiger partial charge in [0, 0.05) is 26.1 Å². The van der Waals surface area contributed by atoms with E-state index >= 15 is 0 Å². The SMILES string of the molecule is O=C(O)CCCCCCCCC(CCCCCCO)OC(=O)CCCCCCCCCCCCCCCO. The molecule has 0 aliphatic carbocycles. The topological polar surface area (TPSA) is 104 Å². The third kappa shape index (κ3) is 29.4. The van der Waals surface area contributed by atoms with Crippen molar-refractivity contribution >= 4 is 11.9 Å². The van der Waals surface area contributed by atoms with Crippen LogP contribution >= 0.6 is 0 Å². The average molecular weight is 543 g/mol. The summed E-state index contributed by atoms with van der Waals surface area (Å²) in [6.07, 6.45) is 28.5. The molecule has 0 amide bonds. The van der Waals surface area contributed by atoms with E-state index in [9.17, 15) is 9.59 Å². The first-order chi connectivity index (χ1) is 18.6. The maximum atomic E-state index is 12.5. The van der Waals surface area contributed by atoms with Gasteiger partial charge in [0.15, 0.2) is 0 Å². The first kappa shape index (κ1) is 36.9. The van der Waals surface area contributed by atoms with Crippen LogP contribution < -0.4 is 0 Å². The Balaban J connectivity index is 3.84. The van der Waals surface area contributed by atoms with E-state index < -0.39 is 5.97 Å². The van der Waals surface area contributed by atoms with Crippen LogP contribution in [0.5, 0.6) is 0 Å². The first-order valence-electron chi connectivity index (χ1n) is 16.2. The van der Waals surface area contributed by atoms with Crippen LogP contribution in [0.2, 0.25) is 0 Å². The van der Waals surface area contributed by atoms with Crippen molar-refractivity contribution in [3.8, 4) is 0 Å². The minimum atomic E-state index is -0.711. The summed E-state index contributed by atoms with van der Waals surface area (Å²) in [5, 5.41) is 26.5. The Morgan fingerprint density at radius 2 is 0.763 bits per heavy atom. The van der Waals surface area contributed by atoms with Gasteiger partial charge in [0.2, 0.25) is 0 Å². The van der Waals surface area contributed by atoms with Crippen molar-refractivity contribution in [2.24, 2.45) is 0 Å². The molecule has 0 aromatic heterocycles. The molecule has 6 nitrogen and oxygen atoms in total. The Labute approximate surface area is 234 Å². The van der Waals surface area contributed by atoms with E-state index in [1.54, 1.807) is 0 Å². The number of aliphatic hydroxyl groups excluding tert-OH is 2. The van der Waals surface area contributed by atoms with Gasteiger partial charge >= 0.3 is 11.9 Å². The number of carboxylic acids is 1. The van der Waals surface area contributed by atoms with E-state index in [1.807, 2.05) is 0 Å². The largest absolute Gasteiger partial charge is 0.481 e. The van der Waals surface area contributed by atoms with Crippen LogP contribution in [0, 0.1) is 0 Å². The first-order valence-corrected chi connectivity index (χ1v) is 16.2. The molecule has 0 aromatic carbocycles. The van der Waals surface area contributed by atoms with E-state index in [4.69, 9.17) is 20.1 Å². The van der Waals surface area contributed by atoms with Gasteiger partial charge in [0.05, 0.1) is 0 Å². The Kier molecular flexibility index (Phi) is 29.5. The highest BCUT2D eigenvalue weighted by molar-refractivity contribution is 5.69. The van der Waals surface area contributed by atoms with Crippen molar-refractivity contribution in [1.82, 2.24) is 0 Å². The molecule has 0 bridgehead atoms. The lowest BCUT2D eigenvalue weighted by molar-refractivity contribution is -0.150. The van der Waals surface area contributed by atoms with Gasteiger partial charge in [-0.2, -0.15) is 0 Å². The van der Waals surface area contributed by atoms with Crippen molar-refractivity contribution in [2.75, 3.05) is 13.2 Å². The van der Waals surface area contributed by atoms with Crippen molar-refractivity contribution in [2.45, 2.75) is 179 Å². The lowest BCUT2D eigenvalue weighted by atomic mass is 10.0. The van der Waals surface area contributed by atoms with Crippen LogP contribution in [0.15, 0.2) is 0 Å². The van der Waals surface area contributed by atoms with Crippen LogP contribution in [0.3, 0.4) is 0 Å². The zero-order chi connectivity index (χ0) is 27.9. The molecular weight excluding hydrogens is 480 g/mol. The van der Waals surface area contributed by atoms with Gasteiger partial charge in [-0.05, 0) is 51.4 Å². The zero-order valence-corrected chi connectivity index (χ0v) is 24.6. The number of carbonyl (C=O) groups is 2. The number of aliphatic carboxylic acids is 1. The van der Waals surface area contributed by atoms with E-state index in [2.05, 4.69) is 0 Å². The second-order valence-corrected chi connectivity index (χ2v) is 11.2. The number of aliphatic hydroxyl groups is 2. The van der Waals surface area contributed by atoms with Gasteiger partial charge in [-0.25, -0.2) is 0 Å². The van der Waals surface area contributed by atoms with Crippen molar-refractivity contribution in [3.63, 3.8) is 0 Å². The molecule has 0 rings (SSSR count). The molecule has 38 heavy (non-hydrogen) atoms. The van der Waals surface area contributed by atoms with E-state index in [1.165, 1.54) is 57.8 Å². The molecule has 0 aliphatic rings. The number of rotatable bonds is 31. The minimum Gasteiger partial charge on any atom is -0.481 e. The summed E-state index contributed by atoms with van der Waals surface area (Å²) in [6.45, 7) is 0.576. The normalized spacial score (nSPS) is 12.1. The third-order valence-electron chi connectivity index (χ3n) is 7.44. The molecule has 0 spiro atoms. The highest BCUT2D eigenvalue weighted by Gasteiger charge is 2.14. The predicted octanol–water partition coefficient (Wildman–Crippen LogP) is 8.50. The number of hydrogen-bond donors (Lipinski definition) is 3. The molecule has 1 atom stereocenters. The van der Waals surface area contributed by atoms with Crippen molar-refractivity contribution < 1.29 is 29.6 Å². The fourth-order valence-corrected chi connectivity index (χ4v) is 5.03. The highest BCUT2D eigenvalue weighted by Crippen LogP contribution is 2.18. The molecule has 0 radical (unpaired) electrons. The molecule has 0 saturated carbocycles.